The zero-order chi connectivity index (χ0) is 12.7. The van der Waals surface area contributed by atoms with Crippen molar-refractivity contribution in [3.8, 4) is 0 Å². The van der Waals surface area contributed by atoms with Crippen molar-refractivity contribution in [3.05, 3.63) is 0 Å². The lowest BCUT2D eigenvalue weighted by Crippen LogP contribution is -2.25. The Morgan fingerprint density at radius 3 is 2.71 bits per heavy atom. The average molecular weight is 241 g/mol. The number of esters is 1. The van der Waals surface area contributed by atoms with Crippen LogP contribution in [0, 0.1) is 17.8 Å². The van der Waals surface area contributed by atoms with Gasteiger partial charge in [-0.15, -0.1) is 0 Å². The summed E-state index contributed by atoms with van der Waals surface area (Å²) < 4.78 is 5.47. The molecule has 100 valence electrons. The highest BCUT2D eigenvalue weighted by atomic mass is 16.5. The maximum Gasteiger partial charge on any atom is 0.310 e. The van der Waals surface area contributed by atoms with E-state index in [1.54, 1.807) is 0 Å². The lowest BCUT2D eigenvalue weighted by atomic mass is 9.98. The van der Waals surface area contributed by atoms with Crippen LogP contribution in [0.5, 0.6) is 0 Å². The van der Waals surface area contributed by atoms with E-state index in [-0.39, 0.29) is 11.9 Å². The monoisotopic (exact) mass is 241 g/mol. The summed E-state index contributed by atoms with van der Waals surface area (Å²) in [5.41, 5.74) is 0. The molecule has 1 aliphatic rings. The molecule has 1 heterocycles. The summed E-state index contributed by atoms with van der Waals surface area (Å²) in [6.07, 6.45) is 4.73. The molecule has 3 nitrogen and oxygen atoms in total. The van der Waals surface area contributed by atoms with Crippen LogP contribution in [0.1, 0.15) is 46.5 Å². The Bertz CT molecular complexity index is 230. The number of rotatable bonds is 7. The van der Waals surface area contributed by atoms with E-state index in [4.69, 9.17) is 4.74 Å². The summed E-state index contributed by atoms with van der Waals surface area (Å²) in [5, 5.41) is 3.24. The molecular weight excluding hydrogens is 214 g/mol. The van der Waals surface area contributed by atoms with Crippen LogP contribution in [0.3, 0.4) is 0 Å². The summed E-state index contributed by atoms with van der Waals surface area (Å²) in [5.74, 6) is 1.03. The number of nitrogens with one attached hydrogen (secondary N) is 1. The number of carbonyl (C=O) groups is 1. The van der Waals surface area contributed by atoms with Crippen molar-refractivity contribution in [1.29, 1.82) is 0 Å². The molecular formula is C14H27NO2. The number of hydrogen-bond donors (Lipinski definition) is 1. The molecule has 1 aliphatic heterocycles. The fourth-order valence-electron chi connectivity index (χ4n) is 2.33. The number of ether oxygens (including phenoxy) is 1. The molecule has 0 amide bonds. The van der Waals surface area contributed by atoms with Crippen molar-refractivity contribution in [2.24, 2.45) is 17.8 Å². The first-order valence-corrected chi connectivity index (χ1v) is 7.06. The molecule has 0 aromatic heterocycles. The van der Waals surface area contributed by atoms with Gasteiger partial charge in [-0.2, -0.15) is 0 Å². The summed E-state index contributed by atoms with van der Waals surface area (Å²) in [4.78, 5) is 11.9. The molecule has 1 fully saturated rings. The van der Waals surface area contributed by atoms with Gasteiger partial charge in [-0.05, 0) is 24.8 Å². The number of hydrogen-bond acceptors (Lipinski definition) is 3. The Kier molecular flexibility index (Phi) is 6.56. The fraction of sp³-hybridized carbons (Fsp3) is 0.929. The minimum atomic E-state index is -0.00236. The Hall–Kier alpha value is -0.570. The Labute approximate surface area is 105 Å². The zero-order valence-electron chi connectivity index (χ0n) is 11.5. The molecule has 0 radical (unpaired) electrons. The average Bonchev–Trinajstić information content (AvgIpc) is 2.75. The quantitative estimate of drug-likeness (QED) is 0.696. The SMILES string of the molecule is CCCCC(CC)COC(=O)[C@@H]1CNC[C@H]1C. The highest BCUT2D eigenvalue weighted by Crippen LogP contribution is 2.19. The van der Waals surface area contributed by atoms with Gasteiger partial charge in [-0.1, -0.05) is 40.0 Å². The second kappa shape index (κ2) is 7.70. The van der Waals surface area contributed by atoms with Crippen molar-refractivity contribution in [2.45, 2.75) is 46.5 Å². The molecule has 1 N–H and O–H groups in total. The molecule has 0 bridgehead atoms. The molecule has 1 unspecified atom stereocenters. The van der Waals surface area contributed by atoms with E-state index in [2.05, 4.69) is 26.1 Å². The smallest absolute Gasteiger partial charge is 0.310 e. The van der Waals surface area contributed by atoms with Gasteiger partial charge in [-0.3, -0.25) is 4.79 Å². The molecule has 0 aromatic rings. The van der Waals surface area contributed by atoms with Gasteiger partial charge in [0.15, 0.2) is 0 Å². The normalized spacial score (nSPS) is 25.8. The topological polar surface area (TPSA) is 38.3 Å². The fourth-order valence-corrected chi connectivity index (χ4v) is 2.33. The third-order valence-corrected chi connectivity index (χ3v) is 3.82. The summed E-state index contributed by atoms with van der Waals surface area (Å²) in [7, 11) is 0. The van der Waals surface area contributed by atoms with Crippen LogP contribution in [0.2, 0.25) is 0 Å². The Morgan fingerprint density at radius 1 is 1.41 bits per heavy atom. The van der Waals surface area contributed by atoms with E-state index in [1.165, 1.54) is 19.3 Å². The van der Waals surface area contributed by atoms with E-state index in [1.807, 2.05) is 0 Å². The van der Waals surface area contributed by atoms with Gasteiger partial charge in [0.1, 0.15) is 0 Å². The molecule has 3 heteroatoms. The minimum absolute atomic E-state index is 0.00236. The zero-order valence-corrected chi connectivity index (χ0v) is 11.5. The Balaban J connectivity index is 2.25. The summed E-state index contributed by atoms with van der Waals surface area (Å²) in [6, 6.07) is 0. The summed E-state index contributed by atoms with van der Waals surface area (Å²) >= 11 is 0. The number of carbonyl (C=O) groups excluding carboxylic acids is 1. The van der Waals surface area contributed by atoms with Crippen LogP contribution in [0.4, 0.5) is 0 Å². The van der Waals surface area contributed by atoms with Crippen LogP contribution < -0.4 is 5.32 Å². The number of unbranched alkanes of at least 4 members (excludes halogenated alkanes) is 1. The summed E-state index contributed by atoms with van der Waals surface area (Å²) in [6.45, 7) is 8.82. The van der Waals surface area contributed by atoms with Gasteiger partial charge in [0, 0.05) is 6.54 Å². The van der Waals surface area contributed by atoms with Gasteiger partial charge < -0.3 is 10.1 Å². The molecule has 17 heavy (non-hydrogen) atoms. The van der Waals surface area contributed by atoms with Crippen LogP contribution in [0.25, 0.3) is 0 Å². The maximum absolute atomic E-state index is 11.9. The molecule has 3 atom stereocenters. The minimum Gasteiger partial charge on any atom is -0.465 e. The van der Waals surface area contributed by atoms with Crippen molar-refractivity contribution >= 4 is 5.97 Å². The van der Waals surface area contributed by atoms with Gasteiger partial charge >= 0.3 is 5.97 Å². The van der Waals surface area contributed by atoms with E-state index in [0.29, 0.717) is 18.4 Å². The standard InChI is InChI=1S/C14H27NO2/c1-4-6-7-12(5-2)10-17-14(16)13-9-15-8-11(13)3/h11-13,15H,4-10H2,1-3H3/t11-,12?,13-/m1/s1. The van der Waals surface area contributed by atoms with Crippen LogP contribution in [-0.2, 0) is 9.53 Å². The predicted molar refractivity (Wildman–Crippen MR) is 69.8 cm³/mol. The second-order valence-electron chi connectivity index (χ2n) is 5.29. The second-order valence-corrected chi connectivity index (χ2v) is 5.29. The molecule has 1 rings (SSSR count). The largest absolute Gasteiger partial charge is 0.465 e. The van der Waals surface area contributed by atoms with Crippen molar-refractivity contribution in [1.82, 2.24) is 5.32 Å². The van der Waals surface area contributed by atoms with Crippen molar-refractivity contribution in [3.63, 3.8) is 0 Å². The van der Waals surface area contributed by atoms with Crippen molar-refractivity contribution < 1.29 is 9.53 Å². The van der Waals surface area contributed by atoms with Gasteiger partial charge in [0.25, 0.3) is 0 Å². The van der Waals surface area contributed by atoms with Gasteiger partial charge in [0.2, 0.25) is 0 Å². The third kappa shape index (κ3) is 4.66. The Morgan fingerprint density at radius 2 is 2.18 bits per heavy atom. The first kappa shape index (κ1) is 14.5. The van der Waals surface area contributed by atoms with Crippen molar-refractivity contribution in [2.75, 3.05) is 19.7 Å². The molecule has 0 aromatic carbocycles. The lowest BCUT2D eigenvalue weighted by Gasteiger charge is -2.18. The maximum atomic E-state index is 11.9. The molecule has 0 saturated carbocycles. The highest BCUT2D eigenvalue weighted by molar-refractivity contribution is 5.73. The first-order chi connectivity index (χ1) is 8.19. The van der Waals surface area contributed by atoms with E-state index in [9.17, 15) is 4.79 Å². The van der Waals surface area contributed by atoms with Gasteiger partial charge in [0.05, 0.1) is 12.5 Å². The van der Waals surface area contributed by atoms with Crippen LogP contribution in [-0.4, -0.2) is 25.7 Å². The molecule has 0 aliphatic carbocycles. The predicted octanol–water partition coefficient (Wildman–Crippen LogP) is 2.60. The van der Waals surface area contributed by atoms with Gasteiger partial charge in [-0.25, -0.2) is 0 Å². The highest BCUT2D eigenvalue weighted by Gasteiger charge is 2.31. The lowest BCUT2D eigenvalue weighted by molar-refractivity contribution is -0.150. The van der Waals surface area contributed by atoms with Crippen LogP contribution in [0.15, 0.2) is 0 Å². The van der Waals surface area contributed by atoms with E-state index >= 15 is 0 Å². The van der Waals surface area contributed by atoms with E-state index < -0.39 is 0 Å². The molecule has 0 spiro atoms. The first-order valence-electron chi connectivity index (χ1n) is 7.06. The third-order valence-electron chi connectivity index (χ3n) is 3.82. The van der Waals surface area contributed by atoms with Crippen LogP contribution >= 0.6 is 0 Å². The van der Waals surface area contributed by atoms with E-state index in [0.717, 1.165) is 19.5 Å². The molecule has 1 saturated heterocycles.